The Morgan fingerprint density at radius 1 is 1.19 bits per heavy atom. The maximum absolute atomic E-state index is 12.6. The molecule has 0 radical (unpaired) electrons. The highest BCUT2D eigenvalue weighted by Crippen LogP contribution is 2.42. The van der Waals surface area contributed by atoms with Crippen LogP contribution >= 0.6 is 11.3 Å². The van der Waals surface area contributed by atoms with Crippen molar-refractivity contribution in [3.05, 3.63) is 28.2 Å². The fourth-order valence-corrected chi connectivity index (χ4v) is 4.45. The molecule has 2 heterocycles. The van der Waals surface area contributed by atoms with E-state index in [1.165, 1.54) is 21.3 Å². The Balaban J connectivity index is 1.54. The number of rotatable bonds is 10. The molecule has 1 atom stereocenters. The van der Waals surface area contributed by atoms with Crippen LogP contribution < -0.4 is 24.4 Å². The summed E-state index contributed by atoms with van der Waals surface area (Å²) in [6.45, 7) is 2.91. The molecule has 3 rings (SSSR count). The van der Waals surface area contributed by atoms with Crippen LogP contribution in [-0.2, 0) is 16.0 Å². The van der Waals surface area contributed by atoms with Crippen LogP contribution in [0.5, 0.6) is 17.2 Å². The number of hydrogen-bond acceptors (Lipinski definition) is 7. The lowest BCUT2D eigenvalue weighted by Crippen LogP contribution is -2.33. The van der Waals surface area contributed by atoms with Gasteiger partial charge in [0.05, 0.1) is 37.9 Å². The molecule has 1 aliphatic rings. The Morgan fingerprint density at radius 2 is 1.90 bits per heavy atom. The summed E-state index contributed by atoms with van der Waals surface area (Å²) in [5.74, 6) is 0.818. The zero-order valence-electron chi connectivity index (χ0n) is 18.4. The summed E-state index contributed by atoms with van der Waals surface area (Å²) in [4.78, 5) is 31.2. The minimum atomic E-state index is -0.381. The second kappa shape index (κ2) is 10.5. The van der Waals surface area contributed by atoms with Crippen molar-refractivity contribution in [2.24, 2.45) is 5.92 Å². The molecule has 0 bridgehead atoms. The molecule has 0 spiro atoms. The van der Waals surface area contributed by atoms with E-state index in [2.05, 4.69) is 10.3 Å². The van der Waals surface area contributed by atoms with Crippen molar-refractivity contribution in [2.75, 3.05) is 39.3 Å². The van der Waals surface area contributed by atoms with Crippen molar-refractivity contribution in [1.82, 2.24) is 10.3 Å². The van der Waals surface area contributed by atoms with Gasteiger partial charge >= 0.3 is 0 Å². The number of aryl methyl sites for hydroxylation is 2. The lowest BCUT2D eigenvalue weighted by molar-refractivity contribution is -0.126. The monoisotopic (exact) mass is 447 g/mol. The quantitative estimate of drug-likeness (QED) is 0.563. The Labute approximate surface area is 186 Å². The van der Waals surface area contributed by atoms with Crippen molar-refractivity contribution in [3.8, 4) is 17.2 Å². The fourth-order valence-electron chi connectivity index (χ4n) is 3.63. The molecule has 1 unspecified atom stereocenters. The molecule has 1 aromatic carbocycles. The van der Waals surface area contributed by atoms with E-state index in [1.807, 2.05) is 12.3 Å². The topological polar surface area (TPSA) is 90.0 Å². The number of unbranched alkanes of at least 4 members (excludes halogenated alkanes) is 1. The van der Waals surface area contributed by atoms with E-state index in [-0.39, 0.29) is 24.2 Å². The Hall–Kier alpha value is -2.81. The Kier molecular flexibility index (Phi) is 7.73. The third-order valence-electron chi connectivity index (χ3n) is 5.24. The first kappa shape index (κ1) is 22.9. The number of carbonyl (C=O) groups excluding carboxylic acids is 2. The van der Waals surface area contributed by atoms with Gasteiger partial charge in [0, 0.05) is 42.7 Å². The summed E-state index contributed by atoms with van der Waals surface area (Å²) in [6.07, 6.45) is 2.95. The third kappa shape index (κ3) is 5.46. The zero-order chi connectivity index (χ0) is 22.4. The number of amides is 2. The average molecular weight is 448 g/mol. The summed E-state index contributed by atoms with van der Waals surface area (Å²) in [5.41, 5.74) is 1.67. The first-order chi connectivity index (χ1) is 15.0. The van der Waals surface area contributed by atoms with Crippen molar-refractivity contribution in [1.29, 1.82) is 0 Å². The standard InChI is InChI=1S/C22H29N3O5S/c1-14-13-31-19(24-14)7-5-6-8-23-22(27)15-9-20(26)25(12-15)16-10-17(28-2)21(30-4)18(11-16)29-3/h10-11,13,15H,5-9,12H2,1-4H3,(H,23,27). The molecule has 2 amide bonds. The zero-order valence-corrected chi connectivity index (χ0v) is 19.2. The van der Waals surface area contributed by atoms with Crippen LogP contribution in [0.3, 0.4) is 0 Å². The molecular formula is C22H29N3O5S. The van der Waals surface area contributed by atoms with Gasteiger partial charge in [0.2, 0.25) is 17.6 Å². The molecule has 0 saturated carbocycles. The number of ether oxygens (including phenoxy) is 3. The van der Waals surface area contributed by atoms with E-state index in [1.54, 1.807) is 28.4 Å². The minimum absolute atomic E-state index is 0.0895. The van der Waals surface area contributed by atoms with E-state index in [4.69, 9.17) is 14.2 Å². The van der Waals surface area contributed by atoms with Crippen LogP contribution in [0, 0.1) is 12.8 Å². The highest BCUT2D eigenvalue weighted by Gasteiger charge is 2.35. The van der Waals surface area contributed by atoms with Crippen molar-refractivity contribution in [3.63, 3.8) is 0 Å². The number of hydrogen-bond donors (Lipinski definition) is 1. The van der Waals surface area contributed by atoms with Gasteiger partial charge in [-0.05, 0) is 26.2 Å². The number of nitrogens with one attached hydrogen (secondary N) is 1. The molecule has 1 saturated heterocycles. The van der Waals surface area contributed by atoms with Crippen LogP contribution in [0.15, 0.2) is 17.5 Å². The lowest BCUT2D eigenvalue weighted by Gasteiger charge is -2.20. The summed E-state index contributed by atoms with van der Waals surface area (Å²) in [6, 6.07) is 3.44. The first-order valence-electron chi connectivity index (χ1n) is 10.3. The summed E-state index contributed by atoms with van der Waals surface area (Å²) in [7, 11) is 4.58. The van der Waals surface area contributed by atoms with Gasteiger partial charge in [-0.2, -0.15) is 0 Å². The van der Waals surface area contributed by atoms with E-state index < -0.39 is 0 Å². The second-order valence-electron chi connectivity index (χ2n) is 7.42. The SMILES string of the molecule is COc1cc(N2CC(C(=O)NCCCCc3nc(C)cs3)CC2=O)cc(OC)c1OC. The normalized spacial score (nSPS) is 15.8. The van der Waals surface area contributed by atoms with Gasteiger partial charge in [-0.15, -0.1) is 11.3 Å². The van der Waals surface area contributed by atoms with Crippen LogP contribution in [0.4, 0.5) is 5.69 Å². The van der Waals surface area contributed by atoms with Gasteiger partial charge < -0.3 is 24.4 Å². The number of nitrogens with zero attached hydrogens (tertiary/aromatic N) is 2. The lowest BCUT2D eigenvalue weighted by atomic mass is 10.1. The van der Waals surface area contributed by atoms with Crippen molar-refractivity contribution in [2.45, 2.75) is 32.6 Å². The molecule has 1 aliphatic heterocycles. The predicted octanol–water partition coefficient (Wildman–Crippen LogP) is 2.97. The van der Waals surface area contributed by atoms with Crippen LogP contribution in [0.1, 0.15) is 30.0 Å². The number of thiazole rings is 1. The predicted molar refractivity (Wildman–Crippen MR) is 119 cm³/mol. The molecule has 1 fully saturated rings. The van der Waals surface area contributed by atoms with Gasteiger partial charge in [-0.1, -0.05) is 0 Å². The van der Waals surface area contributed by atoms with E-state index in [0.717, 1.165) is 30.0 Å². The number of methoxy groups -OCH3 is 3. The smallest absolute Gasteiger partial charge is 0.227 e. The highest BCUT2D eigenvalue weighted by molar-refractivity contribution is 7.09. The second-order valence-corrected chi connectivity index (χ2v) is 8.36. The van der Waals surface area contributed by atoms with E-state index >= 15 is 0 Å². The van der Waals surface area contributed by atoms with Crippen molar-refractivity contribution < 1.29 is 23.8 Å². The van der Waals surface area contributed by atoms with Gasteiger partial charge in [-0.3, -0.25) is 9.59 Å². The third-order valence-corrected chi connectivity index (χ3v) is 6.27. The first-order valence-corrected chi connectivity index (χ1v) is 11.1. The van der Waals surface area contributed by atoms with Gasteiger partial charge in [0.1, 0.15) is 0 Å². The molecule has 168 valence electrons. The number of aromatic nitrogens is 1. The maximum Gasteiger partial charge on any atom is 0.227 e. The number of anilines is 1. The molecule has 8 nitrogen and oxygen atoms in total. The molecule has 31 heavy (non-hydrogen) atoms. The molecule has 1 aromatic heterocycles. The van der Waals surface area contributed by atoms with Gasteiger partial charge in [-0.25, -0.2) is 4.98 Å². The van der Waals surface area contributed by atoms with Crippen LogP contribution in [0.2, 0.25) is 0 Å². The average Bonchev–Trinajstić information content (AvgIpc) is 3.37. The van der Waals surface area contributed by atoms with Gasteiger partial charge in [0.15, 0.2) is 11.5 Å². The summed E-state index contributed by atoms with van der Waals surface area (Å²) >= 11 is 1.67. The summed E-state index contributed by atoms with van der Waals surface area (Å²) < 4.78 is 16.1. The summed E-state index contributed by atoms with van der Waals surface area (Å²) in [5, 5.41) is 6.15. The number of benzene rings is 1. The molecular weight excluding hydrogens is 418 g/mol. The van der Waals surface area contributed by atoms with Gasteiger partial charge in [0.25, 0.3) is 0 Å². The Bertz CT molecular complexity index is 905. The highest BCUT2D eigenvalue weighted by atomic mass is 32.1. The largest absolute Gasteiger partial charge is 0.493 e. The Morgan fingerprint density at radius 3 is 2.48 bits per heavy atom. The van der Waals surface area contributed by atoms with Crippen LogP contribution in [0.25, 0.3) is 0 Å². The fraction of sp³-hybridized carbons (Fsp3) is 0.500. The number of carbonyl (C=O) groups is 2. The van der Waals surface area contributed by atoms with Crippen LogP contribution in [-0.4, -0.2) is 51.2 Å². The van der Waals surface area contributed by atoms with Crippen molar-refractivity contribution >= 4 is 28.8 Å². The molecule has 0 aliphatic carbocycles. The maximum atomic E-state index is 12.6. The molecule has 2 aromatic rings. The molecule has 9 heteroatoms. The molecule has 1 N–H and O–H groups in total. The van der Waals surface area contributed by atoms with E-state index in [0.29, 0.717) is 36.0 Å². The minimum Gasteiger partial charge on any atom is -0.493 e. The van der Waals surface area contributed by atoms with E-state index in [9.17, 15) is 9.59 Å².